The van der Waals surface area contributed by atoms with Gasteiger partial charge in [0.15, 0.2) is 5.96 Å². The van der Waals surface area contributed by atoms with Crippen LogP contribution >= 0.6 is 24.0 Å². The Bertz CT molecular complexity index is 680. The van der Waals surface area contributed by atoms with E-state index < -0.39 is 0 Å². The average molecular weight is 530 g/mol. The number of amides is 1. The number of nitrogens with one attached hydrogen (secondary N) is 3. The van der Waals surface area contributed by atoms with E-state index in [0.29, 0.717) is 18.5 Å². The first-order chi connectivity index (χ1) is 13.8. The van der Waals surface area contributed by atoms with E-state index in [-0.39, 0.29) is 42.0 Å². The second-order valence-electron chi connectivity index (χ2n) is 9.05. The summed E-state index contributed by atoms with van der Waals surface area (Å²) in [5.74, 6) is 0.583. The van der Waals surface area contributed by atoms with Crippen molar-refractivity contribution in [1.82, 2.24) is 20.9 Å². The van der Waals surface area contributed by atoms with Crippen LogP contribution in [-0.2, 0) is 17.9 Å². The van der Waals surface area contributed by atoms with E-state index in [1.165, 1.54) is 43.2 Å². The van der Waals surface area contributed by atoms with Gasteiger partial charge in [0.2, 0.25) is 5.91 Å². The third kappa shape index (κ3) is 9.64. The molecule has 30 heavy (non-hydrogen) atoms. The zero-order chi connectivity index (χ0) is 21.3. The van der Waals surface area contributed by atoms with Crippen LogP contribution in [0.2, 0.25) is 0 Å². The van der Waals surface area contributed by atoms with Crippen molar-refractivity contribution in [3.63, 3.8) is 0 Å². The van der Waals surface area contributed by atoms with Gasteiger partial charge in [0.25, 0.3) is 0 Å². The first-order valence-corrected chi connectivity index (χ1v) is 10.8. The van der Waals surface area contributed by atoms with Gasteiger partial charge in [-0.1, -0.05) is 43.5 Å². The predicted molar refractivity (Wildman–Crippen MR) is 136 cm³/mol. The smallest absolute Gasteiger partial charge is 0.239 e. The van der Waals surface area contributed by atoms with Crippen molar-refractivity contribution in [1.29, 1.82) is 0 Å². The Balaban J connectivity index is 0.00000450. The summed E-state index contributed by atoms with van der Waals surface area (Å²) in [6.45, 7) is 7.75. The summed E-state index contributed by atoms with van der Waals surface area (Å²) in [7, 11) is 3.97. The molecular formula is C23H40IN5O. The van der Waals surface area contributed by atoms with Crippen molar-refractivity contribution in [3.8, 4) is 0 Å². The maximum absolute atomic E-state index is 12.0. The summed E-state index contributed by atoms with van der Waals surface area (Å²) in [5.41, 5.74) is 2.37. The van der Waals surface area contributed by atoms with E-state index in [4.69, 9.17) is 0 Å². The van der Waals surface area contributed by atoms with Crippen LogP contribution < -0.4 is 16.0 Å². The molecule has 0 bridgehead atoms. The van der Waals surface area contributed by atoms with Crippen LogP contribution in [0.15, 0.2) is 29.3 Å². The summed E-state index contributed by atoms with van der Waals surface area (Å²) in [6.07, 6.45) is 6.70. The van der Waals surface area contributed by atoms with Crippen molar-refractivity contribution in [2.24, 2.45) is 4.99 Å². The summed E-state index contributed by atoms with van der Waals surface area (Å²) < 4.78 is 0. The average Bonchev–Trinajstić information content (AvgIpc) is 2.68. The minimum Gasteiger partial charge on any atom is -0.352 e. The largest absolute Gasteiger partial charge is 0.352 e. The van der Waals surface area contributed by atoms with Crippen LogP contribution in [0, 0.1) is 0 Å². The fraction of sp³-hybridized carbons (Fsp3) is 0.652. The number of nitrogens with zero attached hydrogens (tertiary/aromatic N) is 2. The van der Waals surface area contributed by atoms with E-state index in [0.717, 1.165) is 6.54 Å². The number of benzene rings is 1. The molecule has 0 radical (unpaired) electrons. The van der Waals surface area contributed by atoms with E-state index in [9.17, 15) is 4.79 Å². The number of halogens is 1. The maximum Gasteiger partial charge on any atom is 0.239 e. The Labute approximate surface area is 199 Å². The Hall–Kier alpha value is -1.35. The molecule has 1 aliphatic carbocycles. The molecule has 0 atom stereocenters. The molecule has 0 aliphatic heterocycles. The lowest BCUT2D eigenvalue weighted by molar-refractivity contribution is -0.121. The van der Waals surface area contributed by atoms with Gasteiger partial charge in [-0.05, 0) is 51.8 Å². The van der Waals surface area contributed by atoms with Crippen molar-refractivity contribution in [3.05, 3.63) is 35.4 Å². The normalized spacial score (nSPS) is 15.5. The van der Waals surface area contributed by atoms with E-state index in [1.807, 2.05) is 20.8 Å². The first-order valence-electron chi connectivity index (χ1n) is 10.8. The second-order valence-corrected chi connectivity index (χ2v) is 9.05. The third-order valence-electron chi connectivity index (χ3n) is 5.34. The summed E-state index contributed by atoms with van der Waals surface area (Å²) >= 11 is 0. The highest BCUT2D eigenvalue weighted by molar-refractivity contribution is 14.0. The quantitative estimate of drug-likeness (QED) is 0.287. The van der Waals surface area contributed by atoms with Gasteiger partial charge < -0.3 is 16.0 Å². The molecule has 0 heterocycles. The number of hydrogen-bond acceptors (Lipinski definition) is 3. The monoisotopic (exact) mass is 529 g/mol. The maximum atomic E-state index is 12.0. The van der Waals surface area contributed by atoms with Crippen LogP contribution in [0.3, 0.4) is 0 Å². The molecule has 0 saturated heterocycles. The summed E-state index contributed by atoms with van der Waals surface area (Å²) in [5, 5.41) is 9.37. The molecule has 6 nitrogen and oxygen atoms in total. The van der Waals surface area contributed by atoms with Gasteiger partial charge in [-0.15, -0.1) is 24.0 Å². The van der Waals surface area contributed by atoms with Crippen LogP contribution in [0.25, 0.3) is 0 Å². The van der Waals surface area contributed by atoms with Gasteiger partial charge in [-0.25, -0.2) is 0 Å². The molecular weight excluding hydrogens is 489 g/mol. The van der Waals surface area contributed by atoms with Crippen LogP contribution in [0.4, 0.5) is 0 Å². The zero-order valence-corrected chi connectivity index (χ0v) is 21.6. The van der Waals surface area contributed by atoms with Crippen molar-refractivity contribution in [2.45, 2.75) is 77.5 Å². The molecule has 0 aromatic heterocycles. The Morgan fingerprint density at radius 2 is 1.73 bits per heavy atom. The molecule has 1 saturated carbocycles. The molecule has 1 aliphatic rings. The SMILES string of the molecule is CN=C(NCC(=O)NC(C)(C)C)NCc1ccccc1CN(C)C1CCCCC1.I. The van der Waals surface area contributed by atoms with Gasteiger partial charge in [-0.2, -0.15) is 0 Å². The molecule has 1 aromatic carbocycles. The highest BCUT2D eigenvalue weighted by atomic mass is 127. The second kappa shape index (κ2) is 13.1. The molecule has 0 unspecified atom stereocenters. The molecule has 1 fully saturated rings. The van der Waals surface area contributed by atoms with Crippen LogP contribution in [-0.4, -0.2) is 49.0 Å². The molecule has 0 spiro atoms. The molecule has 1 amide bonds. The Morgan fingerprint density at radius 3 is 2.33 bits per heavy atom. The molecule has 2 rings (SSSR count). The third-order valence-corrected chi connectivity index (χ3v) is 5.34. The van der Waals surface area contributed by atoms with Gasteiger partial charge in [0.05, 0.1) is 6.54 Å². The van der Waals surface area contributed by atoms with Gasteiger partial charge >= 0.3 is 0 Å². The standard InChI is InChI=1S/C23H39N5O.HI/c1-23(2,3)27-21(29)16-26-22(24-4)25-15-18-11-9-10-12-19(18)17-28(5)20-13-7-6-8-14-20;/h9-12,20H,6-8,13-17H2,1-5H3,(H,27,29)(H2,24,25,26);1H. The number of carbonyl (C=O) groups excluding carboxylic acids is 1. The first kappa shape index (κ1) is 26.7. The van der Waals surface area contributed by atoms with E-state index in [2.05, 4.69) is 57.2 Å². The lowest BCUT2D eigenvalue weighted by Crippen LogP contribution is -2.48. The minimum atomic E-state index is -0.237. The predicted octanol–water partition coefficient (Wildman–Crippen LogP) is 3.65. The molecule has 7 heteroatoms. The van der Waals surface area contributed by atoms with Crippen molar-refractivity contribution in [2.75, 3.05) is 20.6 Å². The van der Waals surface area contributed by atoms with Crippen molar-refractivity contribution < 1.29 is 4.79 Å². The number of rotatable bonds is 7. The van der Waals surface area contributed by atoms with Gasteiger partial charge in [0.1, 0.15) is 0 Å². The minimum absolute atomic E-state index is 0. The zero-order valence-electron chi connectivity index (χ0n) is 19.3. The highest BCUT2D eigenvalue weighted by Crippen LogP contribution is 2.23. The highest BCUT2D eigenvalue weighted by Gasteiger charge is 2.19. The summed E-state index contributed by atoms with van der Waals surface area (Å²) in [4.78, 5) is 18.8. The molecule has 170 valence electrons. The van der Waals surface area contributed by atoms with Crippen molar-refractivity contribution >= 4 is 35.8 Å². The number of carbonyl (C=O) groups is 1. The fourth-order valence-electron chi connectivity index (χ4n) is 3.83. The Morgan fingerprint density at radius 1 is 1.10 bits per heavy atom. The van der Waals surface area contributed by atoms with Gasteiger partial charge in [0, 0.05) is 31.7 Å². The topological polar surface area (TPSA) is 68.8 Å². The fourth-order valence-corrected chi connectivity index (χ4v) is 3.83. The van der Waals surface area contributed by atoms with Crippen LogP contribution in [0.5, 0.6) is 0 Å². The van der Waals surface area contributed by atoms with E-state index in [1.54, 1.807) is 7.05 Å². The summed E-state index contributed by atoms with van der Waals surface area (Å²) in [6, 6.07) is 9.26. The van der Waals surface area contributed by atoms with E-state index >= 15 is 0 Å². The van der Waals surface area contributed by atoms with Crippen LogP contribution in [0.1, 0.15) is 64.0 Å². The number of hydrogen-bond donors (Lipinski definition) is 3. The lowest BCUT2D eigenvalue weighted by atomic mass is 9.94. The Kier molecular flexibility index (Phi) is 11.7. The lowest BCUT2D eigenvalue weighted by Gasteiger charge is -2.31. The molecule has 3 N–H and O–H groups in total. The molecule has 1 aromatic rings. The van der Waals surface area contributed by atoms with Gasteiger partial charge in [-0.3, -0.25) is 14.7 Å². The number of aliphatic imine (C=N–C) groups is 1. The number of guanidine groups is 1.